The Hall–Kier alpha value is 0.513. The zero-order valence-electron chi connectivity index (χ0n) is 40.8. The molecular formula is C58H88FeP2Si2-6. The average molecular weight is 959 g/mol. The van der Waals surface area contributed by atoms with Gasteiger partial charge < -0.3 is 30.3 Å². The zero-order chi connectivity index (χ0) is 41.8. The van der Waals surface area contributed by atoms with Gasteiger partial charge in [-0.1, -0.05) is 51.6 Å². The van der Waals surface area contributed by atoms with Gasteiger partial charge in [-0.15, -0.1) is 15.8 Å². The van der Waals surface area contributed by atoms with E-state index >= 15 is 0 Å². The molecule has 0 unspecified atom stereocenters. The molecule has 0 heterocycles. The van der Waals surface area contributed by atoms with Crippen LogP contribution in [-0.2, 0) is 29.4 Å². The van der Waals surface area contributed by atoms with Crippen LogP contribution in [0.3, 0.4) is 0 Å². The standard InChI is InChI=1S/C53H83P2Si2.C5H5.Fe/c1-56(2,3)48-27-46(28-54(49-38-11-30-7-31(13-38)14-39(49)12-30)50-40-15-32-8-33(17-40)18-41(50)16-32)47(53(48)57(4,5)6)29-55(51-42-19-34-9-35(21-42)22-43(51)20-34)52-44-23-36-10-37(25-44)26-45(52)24-36;1-2-4-5-3-1;/h27,30-45,49-52H,7-26,28-29H2,1-6H3;1-5H;/q-1;-5;. The molecule has 0 spiro atoms. The van der Waals surface area contributed by atoms with Crippen LogP contribution < -0.4 is 10.4 Å². The fourth-order valence-electron chi connectivity index (χ4n) is 21.7. The van der Waals surface area contributed by atoms with Gasteiger partial charge in [0.2, 0.25) is 0 Å². The molecule has 16 fully saturated rings. The SMILES string of the molecule is C[Si](C)(C)c1c(CP(C2C3CC4CC(C3)CC2C4)C2C3CC4CC(C3)CC2C4)c(CP(C2C3CC4CC(C3)CC2C4)C2C3CC4CC(C3)CC2C4)c[c-]1[Si](C)(C)C.[Fe].[cH-]1[cH-][cH-][cH-][cH-]1. The average Bonchev–Trinajstić information content (AvgIpc) is 3.89. The van der Waals surface area contributed by atoms with E-state index in [9.17, 15) is 0 Å². The largest absolute Gasteiger partial charge is 0.748 e. The van der Waals surface area contributed by atoms with Gasteiger partial charge in [-0.2, -0.15) is 27.6 Å². The predicted octanol–water partition coefficient (Wildman–Crippen LogP) is 15.2. The summed E-state index contributed by atoms with van der Waals surface area (Å²) in [7, 11) is -3.01. The first-order valence-corrected chi connectivity index (χ1v) is 38.2. The molecule has 0 amide bonds. The molecule has 2 aromatic carbocycles. The van der Waals surface area contributed by atoms with Gasteiger partial charge in [0.1, 0.15) is 0 Å². The van der Waals surface area contributed by atoms with Crippen LogP contribution in [0, 0.1) is 94.7 Å². The van der Waals surface area contributed by atoms with Gasteiger partial charge in [0.25, 0.3) is 0 Å². The number of hydrogen-bond acceptors (Lipinski definition) is 0. The zero-order valence-corrected chi connectivity index (χ0v) is 45.7. The van der Waals surface area contributed by atoms with Gasteiger partial charge in [0.15, 0.2) is 0 Å². The Labute approximate surface area is 401 Å². The Bertz CT molecular complexity index is 1720. The van der Waals surface area contributed by atoms with Crippen molar-refractivity contribution in [1.29, 1.82) is 0 Å². The molecule has 0 atom stereocenters. The maximum absolute atomic E-state index is 3.11. The van der Waals surface area contributed by atoms with Crippen molar-refractivity contribution in [2.45, 2.75) is 203 Å². The fourth-order valence-corrected chi connectivity index (χ4v) is 37.0. The van der Waals surface area contributed by atoms with E-state index in [1.807, 2.05) is 35.5 Å². The first kappa shape index (κ1) is 44.7. The van der Waals surface area contributed by atoms with Crippen molar-refractivity contribution in [3.05, 3.63) is 47.5 Å². The molecule has 16 bridgehead atoms. The summed E-state index contributed by atoms with van der Waals surface area (Å²) in [5.41, 5.74) is 8.76. The van der Waals surface area contributed by atoms with Crippen molar-refractivity contribution >= 4 is 42.4 Å². The summed E-state index contributed by atoms with van der Waals surface area (Å²) < 4.78 is 0. The van der Waals surface area contributed by atoms with Gasteiger partial charge >= 0.3 is 0 Å². The molecule has 0 saturated heterocycles. The van der Waals surface area contributed by atoms with Crippen molar-refractivity contribution in [3.63, 3.8) is 0 Å². The van der Waals surface area contributed by atoms with E-state index in [0.29, 0.717) is 0 Å². The third-order valence-corrected chi connectivity index (χ3v) is 34.5. The third kappa shape index (κ3) is 7.97. The van der Waals surface area contributed by atoms with E-state index in [1.165, 1.54) is 0 Å². The Morgan fingerprint density at radius 1 is 0.413 bits per heavy atom. The Morgan fingerprint density at radius 3 is 0.905 bits per heavy atom. The smallest absolute Gasteiger partial charge is 0.0508 e. The van der Waals surface area contributed by atoms with Crippen LogP contribution in [0.5, 0.6) is 0 Å². The monoisotopic (exact) mass is 959 g/mol. The van der Waals surface area contributed by atoms with Crippen molar-refractivity contribution in [3.8, 4) is 0 Å². The molecule has 16 aliphatic carbocycles. The molecule has 0 aliphatic heterocycles. The summed E-state index contributed by atoms with van der Waals surface area (Å²) >= 11 is 0. The van der Waals surface area contributed by atoms with Crippen molar-refractivity contribution in [1.82, 2.24) is 0 Å². The second-order valence-electron chi connectivity index (χ2n) is 28.4. The van der Waals surface area contributed by atoms with Gasteiger partial charge in [0, 0.05) is 25.1 Å². The van der Waals surface area contributed by atoms with E-state index in [1.54, 1.807) is 141 Å². The van der Waals surface area contributed by atoms with Crippen LogP contribution in [0.25, 0.3) is 0 Å². The molecule has 0 aromatic heterocycles. The minimum atomic E-state index is -1.57. The van der Waals surface area contributed by atoms with Crippen LogP contribution in [0.2, 0.25) is 39.3 Å². The van der Waals surface area contributed by atoms with Crippen molar-refractivity contribution in [2.24, 2.45) is 94.7 Å². The van der Waals surface area contributed by atoms with E-state index in [-0.39, 0.29) is 32.9 Å². The molecule has 0 N–H and O–H groups in total. The molecule has 0 radical (unpaired) electrons. The summed E-state index contributed by atoms with van der Waals surface area (Å²) in [5.74, 6) is 17.9. The summed E-state index contributed by atoms with van der Waals surface area (Å²) in [6, 6.07) is 13.1. The molecule has 16 saturated carbocycles. The Morgan fingerprint density at radius 2 is 0.667 bits per heavy atom. The third-order valence-electron chi connectivity index (χ3n) is 22.3. The first-order valence-electron chi connectivity index (χ1n) is 27.9. The first-order chi connectivity index (χ1) is 29.9. The van der Waals surface area contributed by atoms with Crippen LogP contribution in [0.1, 0.15) is 140 Å². The summed E-state index contributed by atoms with van der Waals surface area (Å²) in [4.78, 5) is 0. The van der Waals surface area contributed by atoms with E-state index in [0.717, 1.165) is 117 Å². The summed E-state index contributed by atoms with van der Waals surface area (Å²) in [6.07, 6.45) is 36.2. The normalized spacial score (nSPS) is 47.7. The minimum Gasteiger partial charge on any atom is -0.748 e. The Kier molecular flexibility index (Phi) is 12.0. The molecule has 0 nitrogen and oxygen atoms in total. The molecular weight excluding hydrogens is 871 g/mol. The summed E-state index contributed by atoms with van der Waals surface area (Å²) in [5, 5.41) is 4.10. The van der Waals surface area contributed by atoms with Gasteiger partial charge in [-0.25, -0.2) is 0 Å². The second kappa shape index (κ2) is 16.8. The number of rotatable bonds is 10. The molecule has 352 valence electrons. The quantitative estimate of drug-likeness (QED) is 0.126. The fraction of sp³-hybridized carbons (Fsp3) is 0.828. The van der Waals surface area contributed by atoms with E-state index in [2.05, 4.69) is 61.7 Å². The molecule has 63 heavy (non-hydrogen) atoms. The molecule has 2 aromatic rings. The minimum absolute atomic E-state index is 0. The van der Waals surface area contributed by atoms with Gasteiger partial charge in [-0.05, 0) is 246 Å². The van der Waals surface area contributed by atoms with Crippen LogP contribution >= 0.6 is 15.8 Å². The van der Waals surface area contributed by atoms with E-state index in [4.69, 9.17) is 0 Å². The maximum atomic E-state index is 3.11. The topological polar surface area (TPSA) is 0 Å². The van der Waals surface area contributed by atoms with Gasteiger partial charge in [0.05, 0.1) is 8.07 Å². The number of hydrogen-bond donors (Lipinski definition) is 0. The summed E-state index contributed by atoms with van der Waals surface area (Å²) in [6.45, 7) is 16.8. The van der Waals surface area contributed by atoms with Crippen LogP contribution in [0.15, 0.2) is 36.4 Å². The van der Waals surface area contributed by atoms with Gasteiger partial charge in [-0.3, -0.25) is 0 Å². The van der Waals surface area contributed by atoms with Crippen LogP contribution in [-0.4, -0.2) is 38.8 Å². The molecule has 18 rings (SSSR count). The molecule has 5 heteroatoms. The van der Waals surface area contributed by atoms with E-state index < -0.39 is 16.1 Å². The predicted molar refractivity (Wildman–Crippen MR) is 275 cm³/mol. The molecule has 16 aliphatic rings. The second-order valence-corrected chi connectivity index (χ2v) is 43.5. The van der Waals surface area contributed by atoms with Crippen molar-refractivity contribution in [2.75, 3.05) is 0 Å². The Balaban J connectivity index is 0.000000660. The maximum Gasteiger partial charge on any atom is 0.0508 e. The van der Waals surface area contributed by atoms with Crippen LogP contribution in [0.4, 0.5) is 0 Å². The van der Waals surface area contributed by atoms with Crippen molar-refractivity contribution < 1.29 is 17.1 Å².